The van der Waals surface area contributed by atoms with Gasteiger partial charge in [0.25, 0.3) is 0 Å². The average Bonchev–Trinajstić information content (AvgIpc) is 3.17. The third-order valence-corrected chi connectivity index (χ3v) is 9.13. The number of nitrogens with one attached hydrogen (secondary N) is 1. The number of ether oxygens (including phenoxy) is 2. The maximum Gasteiger partial charge on any atom is 0.316 e. The second-order valence-corrected chi connectivity index (χ2v) is 11.9. The van der Waals surface area contributed by atoms with Crippen molar-refractivity contribution in [1.29, 1.82) is 0 Å². The number of ketones is 1. The number of aliphatic hydroxyl groups excluding tert-OH is 1. The van der Waals surface area contributed by atoms with E-state index in [4.69, 9.17) is 15.2 Å². The summed E-state index contributed by atoms with van der Waals surface area (Å²) in [6.45, 7) is 15.5. The molecule has 0 aromatic heterocycles. The summed E-state index contributed by atoms with van der Waals surface area (Å²) in [5.41, 5.74) is 3.42. The van der Waals surface area contributed by atoms with E-state index in [0.29, 0.717) is 26.1 Å². The van der Waals surface area contributed by atoms with Crippen LogP contribution in [0.3, 0.4) is 0 Å². The fraction of sp³-hybridized carbons (Fsp3) is 0.929. The quantitative estimate of drug-likeness (QED) is 0.222. The Hall–Kier alpha value is -1.10. The number of carbonyl (C=O) groups excluding carboxylic acids is 2. The van der Waals surface area contributed by atoms with Crippen molar-refractivity contribution < 1.29 is 29.3 Å². The van der Waals surface area contributed by atoms with Crippen LogP contribution in [0.2, 0.25) is 0 Å². The van der Waals surface area contributed by atoms with Gasteiger partial charge in [-0.2, -0.15) is 0 Å². The highest BCUT2D eigenvalue weighted by Gasteiger charge is 2.52. The number of hydrogen-bond acceptors (Lipinski definition) is 9. The van der Waals surface area contributed by atoms with Crippen LogP contribution in [0.1, 0.15) is 74.1 Å². The van der Waals surface area contributed by atoms with Crippen LogP contribution < -0.4 is 11.1 Å². The van der Waals surface area contributed by atoms with E-state index in [2.05, 4.69) is 24.1 Å². The molecular weight excluding hydrogens is 474 g/mol. The Kier molecular flexibility index (Phi) is 11.5. The number of likely N-dealkylation sites (N-methyl/N-ethyl adjacent to an activating group) is 1. The molecule has 0 aliphatic carbocycles. The summed E-state index contributed by atoms with van der Waals surface area (Å²) in [4.78, 5) is 28.7. The Bertz CT molecular complexity index is 764. The minimum Gasteiger partial charge on any atom is -0.459 e. The summed E-state index contributed by atoms with van der Waals surface area (Å²) in [6, 6.07) is -0.412. The van der Waals surface area contributed by atoms with Crippen molar-refractivity contribution in [3.8, 4) is 0 Å². The lowest BCUT2D eigenvalue weighted by Gasteiger charge is -2.42. The van der Waals surface area contributed by atoms with Crippen molar-refractivity contribution in [3.05, 3.63) is 0 Å². The molecule has 1 unspecified atom stereocenters. The molecule has 0 saturated carbocycles. The molecule has 9 heteroatoms. The van der Waals surface area contributed by atoms with Gasteiger partial charge >= 0.3 is 5.97 Å². The van der Waals surface area contributed by atoms with Crippen LogP contribution in [-0.4, -0.2) is 95.6 Å². The Morgan fingerprint density at radius 1 is 1.16 bits per heavy atom. The van der Waals surface area contributed by atoms with Gasteiger partial charge in [-0.15, -0.1) is 0 Å². The molecule has 2 saturated heterocycles. The summed E-state index contributed by atoms with van der Waals surface area (Å²) < 4.78 is 12.4. The highest BCUT2D eigenvalue weighted by Crippen LogP contribution is 2.45. The number of nitrogens with two attached hydrogens (primary N) is 1. The SMILES string of the molecule is CC[C@@H]1[C@@H](C)C(=O)[C@@H](C)C(=O)O[C@H](CC)[C@@](C)(O)[C@H](O)[C@@H](C)N(C)C[C@H]2C[C@@]1(C)OC2CNCCCN. The first-order chi connectivity index (χ1) is 17.2. The first-order valence-corrected chi connectivity index (χ1v) is 14.2. The molecule has 2 bridgehead atoms. The van der Waals surface area contributed by atoms with Crippen molar-refractivity contribution >= 4 is 11.8 Å². The average molecular weight is 528 g/mol. The molecule has 0 aromatic carbocycles. The topological polar surface area (TPSA) is 134 Å². The van der Waals surface area contributed by atoms with Crippen LogP contribution in [0.15, 0.2) is 0 Å². The normalized spacial score (nSPS) is 42.8. The molecule has 2 fully saturated rings. The number of esters is 1. The highest BCUT2D eigenvalue weighted by molar-refractivity contribution is 5.99. The summed E-state index contributed by atoms with van der Waals surface area (Å²) >= 11 is 0. The van der Waals surface area contributed by atoms with Gasteiger partial charge in [-0.1, -0.05) is 20.8 Å². The molecule has 5 N–H and O–H groups in total. The Morgan fingerprint density at radius 3 is 2.38 bits per heavy atom. The zero-order valence-electron chi connectivity index (χ0n) is 24.3. The monoisotopic (exact) mass is 527 g/mol. The number of cyclic esters (lactones) is 1. The van der Waals surface area contributed by atoms with Gasteiger partial charge in [0.2, 0.25) is 0 Å². The van der Waals surface area contributed by atoms with Gasteiger partial charge in [-0.05, 0) is 79.4 Å². The molecule has 37 heavy (non-hydrogen) atoms. The first-order valence-electron chi connectivity index (χ1n) is 14.2. The Balaban J connectivity index is 2.49. The van der Waals surface area contributed by atoms with Gasteiger partial charge < -0.3 is 35.6 Å². The van der Waals surface area contributed by atoms with E-state index in [1.807, 2.05) is 20.9 Å². The number of Topliss-reactive ketones (excluding diaryl/α,β-unsaturated/α-hetero) is 1. The van der Waals surface area contributed by atoms with E-state index in [0.717, 1.165) is 25.8 Å². The molecule has 0 radical (unpaired) electrons. The fourth-order valence-electron chi connectivity index (χ4n) is 6.58. The standard InChI is InChI=1S/C28H53N3O6/c1-9-21-17(3)24(32)18(4)26(34)36-23(10-2)28(7,35)25(33)19(5)31(8)16-20-14-27(21,6)37-22(20)15-30-13-11-12-29/h17-23,25,30,33,35H,9-16,29H2,1-8H3/t17-,18-,19-,20-,21-,22?,23-,25-,27-,28-/m1/s1. The van der Waals surface area contributed by atoms with Crippen LogP contribution in [0.4, 0.5) is 0 Å². The van der Waals surface area contributed by atoms with Crippen molar-refractivity contribution in [2.45, 2.75) is 110 Å². The van der Waals surface area contributed by atoms with Crippen LogP contribution in [0.5, 0.6) is 0 Å². The lowest BCUT2D eigenvalue weighted by Crippen LogP contribution is -2.59. The Morgan fingerprint density at radius 2 is 1.81 bits per heavy atom. The lowest BCUT2D eigenvalue weighted by molar-refractivity contribution is -0.190. The largest absolute Gasteiger partial charge is 0.459 e. The third kappa shape index (κ3) is 7.11. The predicted octanol–water partition coefficient (Wildman–Crippen LogP) is 1.72. The fourth-order valence-corrected chi connectivity index (χ4v) is 6.58. The van der Waals surface area contributed by atoms with Crippen LogP contribution >= 0.6 is 0 Å². The van der Waals surface area contributed by atoms with E-state index in [-0.39, 0.29) is 23.7 Å². The van der Waals surface area contributed by atoms with Crippen molar-refractivity contribution in [3.63, 3.8) is 0 Å². The Labute approximate surface area is 223 Å². The van der Waals surface area contributed by atoms with Gasteiger partial charge in [0, 0.05) is 31.0 Å². The smallest absolute Gasteiger partial charge is 0.316 e. The first kappa shape index (κ1) is 32.1. The number of rotatable bonds is 7. The van der Waals surface area contributed by atoms with Gasteiger partial charge in [0.15, 0.2) is 0 Å². The molecule has 2 aliphatic rings. The minimum absolute atomic E-state index is 0.0738. The van der Waals surface area contributed by atoms with Gasteiger partial charge in [0.05, 0.1) is 11.7 Å². The molecule has 0 spiro atoms. The molecule has 0 amide bonds. The molecular formula is C28H53N3O6. The number of hydrogen-bond donors (Lipinski definition) is 4. The zero-order valence-corrected chi connectivity index (χ0v) is 24.3. The van der Waals surface area contributed by atoms with Gasteiger partial charge in [-0.25, -0.2) is 0 Å². The van der Waals surface area contributed by atoms with Crippen LogP contribution in [-0.2, 0) is 19.1 Å². The summed E-state index contributed by atoms with van der Waals surface area (Å²) in [6.07, 6.45) is 0.483. The molecule has 2 heterocycles. The van der Waals surface area contributed by atoms with Gasteiger partial charge in [-0.3, -0.25) is 9.59 Å². The van der Waals surface area contributed by atoms with E-state index in [1.165, 1.54) is 6.92 Å². The molecule has 216 valence electrons. The second-order valence-electron chi connectivity index (χ2n) is 11.9. The lowest BCUT2D eigenvalue weighted by atomic mass is 9.72. The second kappa shape index (κ2) is 13.3. The maximum atomic E-state index is 13.5. The number of carbonyl (C=O) groups is 2. The van der Waals surface area contributed by atoms with E-state index < -0.39 is 47.3 Å². The predicted molar refractivity (Wildman–Crippen MR) is 144 cm³/mol. The highest BCUT2D eigenvalue weighted by atomic mass is 16.6. The van der Waals surface area contributed by atoms with Crippen LogP contribution in [0.25, 0.3) is 0 Å². The van der Waals surface area contributed by atoms with E-state index >= 15 is 0 Å². The summed E-state index contributed by atoms with van der Waals surface area (Å²) in [5, 5.41) is 26.1. The maximum absolute atomic E-state index is 13.5. The molecule has 0 aromatic rings. The van der Waals surface area contributed by atoms with Gasteiger partial charge in [0.1, 0.15) is 29.5 Å². The molecule has 2 aliphatic heterocycles. The summed E-state index contributed by atoms with van der Waals surface area (Å²) in [5.74, 6) is -2.16. The number of fused-ring (bicyclic) bond motifs is 2. The molecule has 9 nitrogen and oxygen atoms in total. The van der Waals surface area contributed by atoms with Crippen molar-refractivity contribution in [2.24, 2.45) is 29.4 Å². The third-order valence-electron chi connectivity index (χ3n) is 9.13. The van der Waals surface area contributed by atoms with E-state index in [9.17, 15) is 19.8 Å². The van der Waals surface area contributed by atoms with Crippen molar-refractivity contribution in [1.82, 2.24) is 10.2 Å². The van der Waals surface area contributed by atoms with Crippen molar-refractivity contribution in [2.75, 3.05) is 33.2 Å². The zero-order chi connectivity index (χ0) is 28.1. The van der Waals surface area contributed by atoms with Crippen LogP contribution in [0, 0.1) is 23.7 Å². The minimum atomic E-state index is -1.69. The summed E-state index contributed by atoms with van der Waals surface area (Å²) in [7, 11) is 1.94. The number of nitrogens with zero attached hydrogens (tertiary/aromatic N) is 1. The number of aliphatic hydroxyl groups is 2. The molecule has 10 atom stereocenters. The molecule has 2 rings (SSSR count). The van der Waals surface area contributed by atoms with E-state index in [1.54, 1.807) is 13.8 Å².